The molecule has 84 valence electrons. The minimum atomic E-state index is 0.879. The molecule has 1 atom stereocenters. The van der Waals surface area contributed by atoms with Crippen molar-refractivity contribution in [2.24, 2.45) is 13.0 Å². The van der Waals surface area contributed by atoms with Crippen molar-refractivity contribution in [3.63, 3.8) is 0 Å². The molecule has 0 bridgehead atoms. The van der Waals surface area contributed by atoms with E-state index in [1.807, 2.05) is 18.7 Å². The Hall–Kier alpha value is -0.480. The molecule has 0 amide bonds. The molecule has 0 spiro atoms. The fourth-order valence-corrected chi connectivity index (χ4v) is 3.26. The summed E-state index contributed by atoms with van der Waals surface area (Å²) < 4.78 is 1.96. The fraction of sp³-hybridized carbons (Fsp3) is 0.727. The molecule has 2 rings (SSSR count). The van der Waals surface area contributed by atoms with E-state index in [2.05, 4.69) is 28.2 Å². The quantitative estimate of drug-likeness (QED) is 0.843. The normalized spacial score (nSPS) is 21.1. The zero-order valence-corrected chi connectivity index (χ0v) is 10.3. The van der Waals surface area contributed by atoms with Gasteiger partial charge in [-0.1, -0.05) is 0 Å². The van der Waals surface area contributed by atoms with Crippen molar-refractivity contribution in [1.82, 2.24) is 15.1 Å². The largest absolute Gasteiger partial charge is 0.311 e. The Balaban J connectivity index is 1.75. The number of aryl methyl sites for hydroxylation is 2. The monoisotopic (exact) mass is 225 g/mol. The summed E-state index contributed by atoms with van der Waals surface area (Å²) >= 11 is 2.08. The highest BCUT2D eigenvalue weighted by Gasteiger charge is 2.14. The fourth-order valence-electron chi connectivity index (χ4n) is 1.98. The summed E-state index contributed by atoms with van der Waals surface area (Å²) in [4.78, 5) is 0. The van der Waals surface area contributed by atoms with Gasteiger partial charge in [0.05, 0.1) is 11.4 Å². The maximum absolute atomic E-state index is 4.33. The van der Waals surface area contributed by atoms with Crippen molar-refractivity contribution in [1.29, 1.82) is 0 Å². The van der Waals surface area contributed by atoms with Gasteiger partial charge in [-0.3, -0.25) is 4.68 Å². The van der Waals surface area contributed by atoms with Gasteiger partial charge >= 0.3 is 0 Å². The highest BCUT2D eigenvalue weighted by atomic mass is 32.2. The summed E-state index contributed by atoms with van der Waals surface area (Å²) in [5.74, 6) is 3.55. The SMILES string of the molecule is Cc1cc(CNCC2CCSC2)n(C)n1. The molecule has 0 aromatic carbocycles. The number of nitrogens with one attached hydrogen (secondary N) is 1. The first-order chi connectivity index (χ1) is 7.25. The molecule has 0 radical (unpaired) electrons. The van der Waals surface area contributed by atoms with Crippen LogP contribution in [0.3, 0.4) is 0 Å². The average Bonchev–Trinajstić information content (AvgIpc) is 2.77. The maximum Gasteiger partial charge on any atom is 0.0597 e. The summed E-state index contributed by atoms with van der Waals surface area (Å²) in [5.41, 5.74) is 2.38. The first kappa shape index (κ1) is 11.0. The van der Waals surface area contributed by atoms with E-state index in [1.54, 1.807) is 0 Å². The Morgan fingerprint density at radius 1 is 1.67 bits per heavy atom. The minimum Gasteiger partial charge on any atom is -0.311 e. The number of aromatic nitrogens is 2. The molecule has 4 heteroatoms. The van der Waals surface area contributed by atoms with E-state index in [4.69, 9.17) is 0 Å². The molecule has 1 saturated heterocycles. The van der Waals surface area contributed by atoms with Gasteiger partial charge in [-0.25, -0.2) is 0 Å². The van der Waals surface area contributed by atoms with Crippen LogP contribution in [0.4, 0.5) is 0 Å². The van der Waals surface area contributed by atoms with Crippen LogP contribution in [0.1, 0.15) is 17.8 Å². The van der Waals surface area contributed by atoms with E-state index >= 15 is 0 Å². The third-order valence-corrected chi connectivity index (χ3v) is 4.09. The lowest BCUT2D eigenvalue weighted by atomic mass is 10.1. The average molecular weight is 225 g/mol. The van der Waals surface area contributed by atoms with Crippen LogP contribution < -0.4 is 5.32 Å². The molecule has 1 aliphatic heterocycles. The number of thioether (sulfide) groups is 1. The Labute approximate surface area is 95.6 Å². The smallest absolute Gasteiger partial charge is 0.0597 e. The predicted octanol–water partition coefficient (Wildman–Crippen LogP) is 1.57. The molecular weight excluding hydrogens is 206 g/mol. The van der Waals surface area contributed by atoms with Gasteiger partial charge in [-0.05, 0) is 43.4 Å². The van der Waals surface area contributed by atoms with Crippen molar-refractivity contribution >= 4 is 11.8 Å². The van der Waals surface area contributed by atoms with Crippen LogP contribution in [-0.2, 0) is 13.6 Å². The van der Waals surface area contributed by atoms with E-state index in [1.165, 1.54) is 23.6 Å². The van der Waals surface area contributed by atoms with Crippen LogP contribution in [0.25, 0.3) is 0 Å². The summed E-state index contributed by atoms with van der Waals surface area (Å²) in [5, 5.41) is 7.86. The van der Waals surface area contributed by atoms with Crippen molar-refractivity contribution in [3.05, 3.63) is 17.5 Å². The van der Waals surface area contributed by atoms with Crippen molar-refractivity contribution in [2.75, 3.05) is 18.1 Å². The van der Waals surface area contributed by atoms with Crippen molar-refractivity contribution < 1.29 is 0 Å². The van der Waals surface area contributed by atoms with Gasteiger partial charge in [0.2, 0.25) is 0 Å². The van der Waals surface area contributed by atoms with Crippen LogP contribution >= 0.6 is 11.8 Å². The summed E-state index contributed by atoms with van der Waals surface area (Å²) in [6.07, 6.45) is 1.38. The van der Waals surface area contributed by atoms with Gasteiger partial charge in [0.1, 0.15) is 0 Å². The van der Waals surface area contributed by atoms with Gasteiger partial charge in [0, 0.05) is 13.6 Å². The molecule has 1 N–H and O–H groups in total. The highest BCUT2D eigenvalue weighted by molar-refractivity contribution is 7.99. The second-order valence-corrected chi connectivity index (χ2v) is 5.41. The van der Waals surface area contributed by atoms with Crippen LogP contribution in [0.2, 0.25) is 0 Å². The molecule has 2 heterocycles. The zero-order valence-electron chi connectivity index (χ0n) is 9.49. The standard InChI is InChI=1S/C11H19N3S/c1-9-5-11(14(2)13-9)7-12-6-10-3-4-15-8-10/h5,10,12H,3-4,6-8H2,1-2H3. The molecule has 1 aromatic heterocycles. The molecule has 1 aromatic rings. The zero-order chi connectivity index (χ0) is 10.7. The Morgan fingerprint density at radius 3 is 3.13 bits per heavy atom. The molecular formula is C11H19N3S. The molecule has 0 saturated carbocycles. The Bertz CT molecular complexity index is 316. The van der Waals surface area contributed by atoms with Gasteiger partial charge in [-0.15, -0.1) is 0 Å². The Kier molecular flexibility index (Phi) is 3.70. The lowest BCUT2D eigenvalue weighted by Gasteiger charge is -2.09. The predicted molar refractivity (Wildman–Crippen MR) is 65.1 cm³/mol. The highest BCUT2D eigenvalue weighted by Crippen LogP contribution is 2.22. The molecule has 1 unspecified atom stereocenters. The van der Waals surface area contributed by atoms with Gasteiger partial charge in [0.15, 0.2) is 0 Å². The lowest BCUT2D eigenvalue weighted by Crippen LogP contribution is -2.23. The van der Waals surface area contributed by atoms with E-state index in [-0.39, 0.29) is 0 Å². The second kappa shape index (κ2) is 5.03. The molecule has 1 aliphatic rings. The second-order valence-electron chi connectivity index (χ2n) is 4.26. The van der Waals surface area contributed by atoms with Gasteiger partial charge in [-0.2, -0.15) is 16.9 Å². The third kappa shape index (κ3) is 2.98. The van der Waals surface area contributed by atoms with Crippen LogP contribution in [0.15, 0.2) is 6.07 Å². The third-order valence-electron chi connectivity index (χ3n) is 2.86. The number of rotatable bonds is 4. The number of hydrogen-bond acceptors (Lipinski definition) is 3. The first-order valence-electron chi connectivity index (χ1n) is 5.53. The van der Waals surface area contributed by atoms with E-state index in [0.717, 1.165) is 24.7 Å². The topological polar surface area (TPSA) is 29.9 Å². The molecule has 0 aliphatic carbocycles. The van der Waals surface area contributed by atoms with E-state index in [9.17, 15) is 0 Å². The van der Waals surface area contributed by atoms with Gasteiger partial charge in [0.25, 0.3) is 0 Å². The molecule has 15 heavy (non-hydrogen) atoms. The maximum atomic E-state index is 4.33. The summed E-state index contributed by atoms with van der Waals surface area (Å²) in [7, 11) is 2.01. The first-order valence-corrected chi connectivity index (χ1v) is 6.69. The van der Waals surface area contributed by atoms with E-state index < -0.39 is 0 Å². The van der Waals surface area contributed by atoms with Crippen LogP contribution in [-0.4, -0.2) is 27.8 Å². The van der Waals surface area contributed by atoms with Crippen LogP contribution in [0.5, 0.6) is 0 Å². The van der Waals surface area contributed by atoms with Gasteiger partial charge < -0.3 is 5.32 Å². The van der Waals surface area contributed by atoms with Crippen LogP contribution in [0, 0.1) is 12.8 Å². The Morgan fingerprint density at radius 2 is 2.53 bits per heavy atom. The number of nitrogens with zero attached hydrogens (tertiary/aromatic N) is 2. The molecule has 3 nitrogen and oxygen atoms in total. The molecule has 1 fully saturated rings. The lowest BCUT2D eigenvalue weighted by molar-refractivity contribution is 0.512. The van der Waals surface area contributed by atoms with Crippen molar-refractivity contribution in [2.45, 2.75) is 19.9 Å². The van der Waals surface area contributed by atoms with Crippen molar-refractivity contribution in [3.8, 4) is 0 Å². The minimum absolute atomic E-state index is 0.879. The summed E-state index contributed by atoms with van der Waals surface area (Å²) in [6.45, 7) is 4.13. The summed E-state index contributed by atoms with van der Waals surface area (Å²) in [6, 6.07) is 2.15. The van der Waals surface area contributed by atoms with E-state index in [0.29, 0.717) is 0 Å². The number of hydrogen-bond donors (Lipinski definition) is 1.